The second-order valence-corrected chi connectivity index (χ2v) is 7.90. The highest BCUT2D eigenvalue weighted by Gasteiger charge is 2.36. The van der Waals surface area contributed by atoms with Crippen LogP contribution in [0.5, 0.6) is 0 Å². The van der Waals surface area contributed by atoms with Crippen LogP contribution in [-0.4, -0.2) is 21.5 Å². The molecule has 1 aliphatic heterocycles. The molecule has 0 aliphatic carbocycles. The largest absolute Gasteiger partial charge is 0.310 e. The molecule has 1 N–H and O–H groups in total. The number of halogens is 1. The highest BCUT2D eigenvalue weighted by Crippen LogP contribution is 2.38. The fraction of sp³-hybridized carbons (Fsp3) is 0.125. The molecule has 3 aromatic carbocycles. The van der Waals surface area contributed by atoms with Crippen molar-refractivity contribution in [3.8, 4) is 5.69 Å². The Labute approximate surface area is 178 Å². The van der Waals surface area contributed by atoms with Crippen molar-refractivity contribution in [3.05, 3.63) is 88.6 Å². The Morgan fingerprint density at radius 3 is 2.57 bits per heavy atom. The maximum Gasteiger partial charge on any atom is 0.226 e. The molecule has 0 saturated heterocycles. The van der Waals surface area contributed by atoms with E-state index in [4.69, 9.17) is 11.6 Å². The standard InChI is InChI=1S/C24H18ClN3O2/c1-14-22-20(23(30)17-7-6-15-4-2-3-5-16(15)12-17)13-21(29)26-24(22)28(27-14)19-10-8-18(25)9-11-19/h2-12,20H,13H2,1H3,(H,26,29)/t20-/m0/s1. The van der Waals surface area contributed by atoms with Crippen LogP contribution in [-0.2, 0) is 4.79 Å². The minimum atomic E-state index is -0.573. The first-order valence-corrected chi connectivity index (χ1v) is 10.1. The zero-order valence-electron chi connectivity index (χ0n) is 16.2. The summed E-state index contributed by atoms with van der Waals surface area (Å²) in [5.74, 6) is -0.298. The summed E-state index contributed by atoms with van der Waals surface area (Å²) < 4.78 is 1.67. The molecule has 148 valence electrons. The number of amides is 1. The minimum absolute atomic E-state index is 0.0735. The number of Topliss-reactive ketones (excluding diaryl/α,β-unsaturated/α-hetero) is 1. The third kappa shape index (κ3) is 3.08. The van der Waals surface area contributed by atoms with Crippen LogP contribution in [0.4, 0.5) is 5.82 Å². The van der Waals surface area contributed by atoms with Crippen LogP contribution >= 0.6 is 11.6 Å². The summed E-state index contributed by atoms with van der Waals surface area (Å²) in [6, 6.07) is 20.8. The summed E-state index contributed by atoms with van der Waals surface area (Å²) in [7, 11) is 0. The summed E-state index contributed by atoms with van der Waals surface area (Å²) in [6.07, 6.45) is 0.103. The number of anilines is 1. The molecule has 0 unspecified atom stereocenters. The van der Waals surface area contributed by atoms with E-state index in [1.54, 1.807) is 16.8 Å². The van der Waals surface area contributed by atoms with Gasteiger partial charge in [-0.3, -0.25) is 9.59 Å². The SMILES string of the molecule is Cc1nn(-c2ccc(Cl)cc2)c2c1[C@@H](C(=O)c1ccc3ccccc3c1)CC(=O)N2. The van der Waals surface area contributed by atoms with E-state index in [0.29, 0.717) is 16.4 Å². The minimum Gasteiger partial charge on any atom is -0.310 e. The molecule has 0 radical (unpaired) electrons. The molecular formula is C24H18ClN3O2. The molecule has 1 atom stereocenters. The van der Waals surface area contributed by atoms with Crippen molar-refractivity contribution in [2.24, 2.45) is 0 Å². The summed E-state index contributed by atoms with van der Waals surface area (Å²) in [6.45, 7) is 1.86. The summed E-state index contributed by atoms with van der Waals surface area (Å²) in [5.41, 5.74) is 2.85. The Bertz CT molecular complexity index is 1310. The van der Waals surface area contributed by atoms with Gasteiger partial charge in [0.2, 0.25) is 5.91 Å². The van der Waals surface area contributed by atoms with Crippen LogP contribution in [0.15, 0.2) is 66.7 Å². The maximum atomic E-state index is 13.5. The lowest BCUT2D eigenvalue weighted by molar-refractivity contribution is -0.116. The molecule has 2 heterocycles. The van der Waals surface area contributed by atoms with Crippen molar-refractivity contribution in [2.75, 3.05) is 5.32 Å². The van der Waals surface area contributed by atoms with Crippen LogP contribution < -0.4 is 5.32 Å². The molecule has 0 saturated carbocycles. The average Bonchev–Trinajstić information content (AvgIpc) is 3.09. The van der Waals surface area contributed by atoms with Crippen molar-refractivity contribution in [1.29, 1.82) is 0 Å². The van der Waals surface area contributed by atoms with Gasteiger partial charge in [-0.1, -0.05) is 48.0 Å². The topological polar surface area (TPSA) is 64.0 Å². The summed E-state index contributed by atoms with van der Waals surface area (Å²) in [5, 5.41) is 10.2. The third-order valence-corrected chi connectivity index (χ3v) is 5.78. The molecule has 30 heavy (non-hydrogen) atoms. The second-order valence-electron chi connectivity index (χ2n) is 7.47. The van der Waals surface area contributed by atoms with Gasteiger partial charge >= 0.3 is 0 Å². The number of nitrogens with zero attached hydrogens (tertiary/aromatic N) is 2. The number of nitrogens with one attached hydrogen (secondary N) is 1. The van der Waals surface area contributed by atoms with Crippen LogP contribution in [0, 0.1) is 6.92 Å². The highest BCUT2D eigenvalue weighted by molar-refractivity contribution is 6.30. The number of hydrogen-bond donors (Lipinski definition) is 1. The number of fused-ring (bicyclic) bond motifs is 2. The van der Waals surface area contributed by atoms with E-state index in [9.17, 15) is 9.59 Å². The monoisotopic (exact) mass is 415 g/mol. The fourth-order valence-corrected chi connectivity index (χ4v) is 4.21. The number of rotatable bonds is 3. The number of aromatic nitrogens is 2. The lowest BCUT2D eigenvalue weighted by Gasteiger charge is -2.23. The van der Waals surface area contributed by atoms with E-state index >= 15 is 0 Å². The third-order valence-electron chi connectivity index (χ3n) is 5.52. The summed E-state index contributed by atoms with van der Waals surface area (Å²) in [4.78, 5) is 26.0. The predicted octanol–water partition coefficient (Wildman–Crippen LogP) is 5.30. The number of ketones is 1. The van der Waals surface area contributed by atoms with Gasteiger partial charge in [0, 0.05) is 22.6 Å². The van der Waals surface area contributed by atoms with Gasteiger partial charge in [0.15, 0.2) is 5.78 Å². The number of carbonyl (C=O) groups is 2. The van der Waals surface area contributed by atoms with E-state index < -0.39 is 5.92 Å². The van der Waals surface area contributed by atoms with Crippen molar-refractivity contribution in [2.45, 2.75) is 19.3 Å². The van der Waals surface area contributed by atoms with E-state index in [1.807, 2.05) is 61.5 Å². The van der Waals surface area contributed by atoms with Gasteiger partial charge < -0.3 is 5.32 Å². The van der Waals surface area contributed by atoms with Crippen molar-refractivity contribution in [3.63, 3.8) is 0 Å². The van der Waals surface area contributed by atoms with E-state index in [0.717, 1.165) is 27.7 Å². The van der Waals surface area contributed by atoms with Crippen LogP contribution in [0.2, 0.25) is 5.02 Å². The van der Waals surface area contributed by atoms with Crippen molar-refractivity contribution < 1.29 is 9.59 Å². The van der Waals surface area contributed by atoms with Gasteiger partial charge in [-0.15, -0.1) is 0 Å². The zero-order valence-corrected chi connectivity index (χ0v) is 17.0. The first kappa shape index (κ1) is 18.6. The first-order valence-electron chi connectivity index (χ1n) is 9.69. The van der Waals surface area contributed by atoms with Gasteiger partial charge in [0.25, 0.3) is 0 Å². The maximum absolute atomic E-state index is 13.5. The lowest BCUT2D eigenvalue weighted by atomic mass is 9.85. The predicted molar refractivity (Wildman–Crippen MR) is 118 cm³/mol. The van der Waals surface area contributed by atoms with Crippen LogP contribution in [0.3, 0.4) is 0 Å². The smallest absolute Gasteiger partial charge is 0.226 e. The van der Waals surface area contributed by atoms with Gasteiger partial charge in [-0.25, -0.2) is 4.68 Å². The molecule has 5 rings (SSSR count). The Hall–Kier alpha value is -3.44. The molecule has 1 aliphatic rings. The van der Waals surface area contributed by atoms with Gasteiger partial charge in [0.05, 0.1) is 17.3 Å². The molecule has 0 fully saturated rings. The number of benzene rings is 3. The molecular weight excluding hydrogens is 398 g/mol. The van der Waals surface area contributed by atoms with E-state index in [-0.39, 0.29) is 18.1 Å². The fourth-order valence-electron chi connectivity index (χ4n) is 4.08. The Kier molecular flexibility index (Phi) is 4.40. The summed E-state index contributed by atoms with van der Waals surface area (Å²) >= 11 is 6.00. The Morgan fingerprint density at radius 1 is 1.07 bits per heavy atom. The van der Waals surface area contributed by atoms with Crippen molar-refractivity contribution in [1.82, 2.24) is 9.78 Å². The number of carbonyl (C=O) groups excluding carboxylic acids is 2. The molecule has 0 bridgehead atoms. The normalized spacial score (nSPS) is 15.7. The van der Waals surface area contributed by atoms with Crippen molar-refractivity contribution >= 4 is 39.9 Å². The Balaban J connectivity index is 1.60. The zero-order chi connectivity index (χ0) is 20.8. The van der Waals surface area contributed by atoms with Gasteiger partial charge in [-0.2, -0.15) is 5.10 Å². The Morgan fingerprint density at radius 2 is 1.80 bits per heavy atom. The molecule has 5 nitrogen and oxygen atoms in total. The number of aryl methyl sites for hydroxylation is 1. The van der Waals surface area contributed by atoms with Crippen LogP contribution in [0.1, 0.15) is 34.0 Å². The lowest BCUT2D eigenvalue weighted by Crippen LogP contribution is -2.28. The molecule has 0 spiro atoms. The average molecular weight is 416 g/mol. The molecule has 6 heteroatoms. The molecule has 1 amide bonds. The molecule has 4 aromatic rings. The first-order chi connectivity index (χ1) is 14.5. The van der Waals surface area contributed by atoms with Gasteiger partial charge in [0.1, 0.15) is 5.82 Å². The molecule has 1 aromatic heterocycles. The number of hydrogen-bond acceptors (Lipinski definition) is 3. The quantitative estimate of drug-likeness (QED) is 0.462. The highest BCUT2D eigenvalue weighted by atomic mass is 35.5. The second kappa shape index (κ2) is 7.11. The van der Waals surface area contributed by atoms with Gasteiger partial charge in [-0.05, 0) is 48.0 Å². The van der Waals surface area contributed by atoms with Crippen LogP contribution in [0.25, 0.3) is 16.5 Å². The van der Waals surface area contributed by atoms with E-state index in [2.05, 4.69) is 10.4 Å². The van der Waals surface area contributed by atoms with E-state index in [1.165, 1.54) is 0 Å².